The summed E-state index contributed by atoms with van der Waals surface area (Å²) in [6.45, 7) is 10.5. The van der Waals surface area contributed by atoms with Gasteiger partial charge in [0, 0.05) is 11.8 Å². The Morgan fingerprint density at radius 3 is 2.65 bits per heavy atom. The molecular weight excluding hydrogens is 234 g/mol. The Hall–Kier alpha value is -0.220. The first-order valence-corrected chi connectivity index (χ1v) is 7.39. The van der Waals surface area contributed by atoms with Crippen LogP contribution in [0.4, 0.5) is 0 Å². The fourth-order valence-corrected chi connectivity index (χ4v) is 3.50. The molecule has 0 aromatic rings. The monoisotopic (exact) mass is 259 g/mol. The van der Waals surface area contributed by atoms with Crippen LogP contribution in [0.25, 0.3) is 0 Å². The normalized spacial score (nSPS) is 24.4. The Kier molecular flexibility index (Phi) is 4.90. The van der Waals surface area contributed by atoms with E-state index in [1.165, 1.54) is 12.2 Å². The molecule has 0 aliphatic carbocycles. The van der Waals surface area contributed by atoms with Crippen LogP contribution in [0, 0.1) is 5.41 Å². The van der Waals surface area contributed by atoms with Crippen LogP contribution in [-0.2, 0) is 9.53 Å². The molecule has 1 atom stereocenters. The smallest absolute Gasteiger partial charge is 0.320 e. The Balaban J connectivity index is 2.37. The standard InChI is InChI=1S/C13H25NO2S/c1-12(2,3)16-11(15)8-14-10-9-17-7-6-13(10,4)5/h10,14H,6-9H2,1-5H3. The minimum atomic E-state index is -0.393. The molecule has 0 saturated carbocycles. The molecule has 0 radical (unpaired) electrons. The van der Waals surface area contributed by atoms with Gasteiger partial charge in [0.05, 0.1) is 6.54 Å². The summed E-state index contributed by atoms with van der Waals surface area (Å²) in [5.41, 5.74) is -0.122. The molecule has 0 spiro atoms. The molecule has 0 bridgehead atoms. The summed E-state index contributed by atoms with van der Waals surface area (Å²) in [4.78, 5) is 11.6. The van der Waals surface area contributed by atoms with E-state index in [9.17, 15) is 4.79 Å². The molecule has 0 aromatic carbocycles. The predicted molar refractivity (Wildman–Crippen MR) is 73.4 cm³/mol. The number of carbonyl (C=O) groups excluding carboxylic acids is 1. The fourth-order valence-electron chi connectivity index (χ4n) is 1.86. The third-order valence-electron chi connectivity index (χ3n) is 3.03. The lowest BCUT2D eigenvalue weighted by molar-refractivity contribution is -0.153. The number of hydrogen-bond acceptors (Lipinski definition) is 4. The quantitative estimate of drug-likeness (QED) is 0.790. The second-order valence-electron chi connectivity index (χ2n) is 6.33. The number of esters is 1. The molecule has 1 rings (SSSR count). The third kappa shape index (κ3) is 5.30. The Morgan fingerprint density at radius 1 is 1.47 bits per heavy atom. The number of rotatable bonds is 3. The van der Waals surface area contributed by atoms with Crippen molar-refractivity contribution in [2.24, 2.45) is 5.41 Å². The Morgan fingerprint density at radius 2 is 2.12 bits per heavy atom. The van der Waals surface area contributed by atoms with Gasteiger partial charge >= 0.3 is 5.97 Å². The lowest BCUT2D eigenvalue weighted by Gasteiger charge is -2.38. The number of carbonyl (C=O) groups is 1. The van der Waals surface area contributed by atoms with Crippen molar-refractivity contribution < 1.29 is 9.53 Å². The lowest BCUT2D eigenvalue weighted by atomic mass is 9.82. The van der Waals surface area contributed by atoms with Crippen molar-refractivity contribution in [1.29, 1.82) is 0 Å². The predicted octanol–water partition coefficient (Wildman–Crippen LogP) is 2.45. The Bertz CT molecular complexity index is 271. The van der Waals surface area contributed by atoms with Gasteiger partial charge in [-0.3, -0.25) is 4.79 Å². The zero-order chi connectivity index (χ0) is 13.1. The van der Waals surface area contributed by atoms with Crippen LogP contribution in [0.1, 0.15) is 41.0 Å². The molecule has 17 heavy (non-hydrogen) atoms. The van der Waals surface area contributed by atoms with Crippen LogP contribution >= 0.6 is 11.8 Å². The van der Waals surface area contributed by atoms with Crippen LogP contribution in [-0.4, -0.2) is 35.7 Å². The van der Waals surface area contributed by atoms with Crippen LogP contribution in [0.5, 0.6) is 0 Å². The number of ether oxygens (including phenoxy) is 1. The van der Waals surface area contributed by atoms with E-state index in [2.05, 4.69) is 19.2 Å². The van der Waals surface area contributed by atoms with Gasteiger partial charge in [-0.25, -0.2) is 0 Å². The van der Waals surface area contributed by atoms with E-state index in [1.807, 2.05) is 32.5 Å². The Labute approximate surface area is 109 Å². The molecule has 1 unspecified atom stereocenters. The average molecular weight is 259 g/mol. The van der Waals surface area contributed by atoms with Crippen molar-refractivity contribution in [2.75, 3.05) is 18.1 Å². The van der Waals surface area contributed by atoms with Crippen molar-refractivity contribution in [3.63, 3.8) is 0 Å². The van der Waals surface area contributed by atoms with Crippen molar-refractivity contribution in [2.45, 2.75) is 52.7 Å². The van der Waals surface area contributed by atoms with E-state index >= 15 is 0 Å². The van der Waals surface area contributed by atoms with E-state index in [0.717, 1.165) is 5.75 Å². The molecule has 1 aliphatic rings. The van der Waals surface area contributed by atoms with Crippen molar-refractivity contribution in [1.82, 2.24) is 5.32 Å². The summed E-state index contributed by atoms with van der Waals surface area (Å²) >= 11 is 1.96. The highest BCUT2D eigenvalue weighted by atomic mass is 32.2. The maximum absolute atomic E-state index is 11.6. The van der Waals surface area contributed by atoms with E-state index in [1.54, 1.807) is 0 Å². The second-order valence-corrected chi connectivity index (χ2v) is 7.48. The molecule has 1 heterocycles. The molecule has 1 aliphatic heterocycles. The summed E-state index contributed by atoms with van der Waals surface area (Å²) in [7, 11) is 0. The summed E-state index contributed by atoms with van der Waals surface area (Å²) in [6, 6.07) is 0.397. The zero-order valence-corrected chi connectivity index (χ0v) is 12.4. The van der Waals surface area contributed by atoms with Gasteiger partial charge in [-0.1, -0.05) is 13.8 Å². The molecule has 4 heteroatoms. The van der Waals surface area contributed by atoms with Gasteiger partial charge in [0.2, 0.25) is 0 Å². The van der Waals surface area contributed by atoms with E-state index in [-0.39, 0.29) is 11.4 Å². The highest BCUT2D eigenvalue weighted by molar-refractivity contribution is 7.99. The number of hydrogen-bond donors (Lipinski definition) is 1. The number of nitrogens with one attached hydrogen (secondary N) is 1. The first kappa shape index (κ1) is 14.8. The molecule has 1 saturated heterocycles. The molecule has 1 N–H and O–H groups in total. The van der Waals surface area contributed by atoms with E-state index in [0.29, 0.717) is 12.6 Å². The zero-order valence-electron chi connectivity index (χ0n) is 11.6. The largest absolute Gasteiger partial charge is 0.459 e. The summed E-state index contributed by atoms with van der Waals surface area (Å²) < 4.78 is 5.29. The third-order valence-corrected chi connectivity index (χ3v) is 4.09. The molecule has 0 aromatic heterocycles. The summed E-state index contributed by atoms with van der Waals surface area (Å²) in [5.74, 6) is 2.14. The first-order valence-electron chi connectivity index (χ1n) is 6.24. The van der Waals surface area contributed by atoms with E-state index in [4.69, 9.17) is 4.74 Å². The minimum Gasteiger partial charge on any atom is -0.459 e. The van der Waals surface area contributed by atoms with Gasteiger partial charge in [0.15, 0.2) is 0 Å². The van der Waals surface area contributed by atoms with Gasteiger partial charge in [-0.05, 0) is 38.4 Å². The molecule has 100 valence electrons. The lowest BCUT2D eigenvalue weighted by Crippen LogP contribution is -2.48. The van der Waals surface area contributed by atoms with Crippen LogP contribution in [0.15, 0.2) is 0 Å². The summed E-state index contributed by atoms with van der Waals surface area (Å²) in [6.07, 6.45) is 1.20. The molecule has 0 amide bonds. The molecular formula is C13H25NO2S. The minimum absolute atomic E-state index is 0.163. The van der Waals surface area contributed by atoms with Crippen LogP contribution < -0.4 is 5.32 Å². The SMILES string of the molecule is CC(C)(C)OC(=O)CNC1CSCCC1(C)C. The fraction of sp³-hybridized carbons (Fsp3) is 0.923. The van der Waals surface area contributed by atoms with Crippen molar-refractivity contribution in [3.05, 3.63) is 0 Å². The maximum Gasteiger partial charge on any atom is 0.320 e. The van der Waals surface area contributed by atoms with Crippen molar-refractivity contribution in [3.8, 4) is 0 Å². The van der Waals surface area contributed by atoms with Gasteiger partial charge in [0.25, 0.3) is 0 Å². The van der Waals surface area contributed by atoms with Crippen LogP contribution in [0.3, 0.4) is 0 Å². The molecule has 3 nitrogen and oxygen atoms in total. The van der Waals surface area contributed by atoms with Gasteiger partial charge in [0.1, 0.15) is 5.60 Å². The van der Waals surface area contributed by atoms with Gasteiger partial charge in [-0.15, -0.1) is 0 Å². The number of thioether (sulfide) groups is 1. The van der Waals surface area contributed by atoms with E-state index < -0.39 is 5.60 Å². The average Bonchev–Trinajstić information content (AvgIpc) is 2.12. The van der Waals surface area contributed by atoms with Gasteiger partial charge < -0.3 is 10.1 Å². The summed E-state index contributed by atoms with van der Waals surface area (Å²) in [5, 5.41) is 3.34. The van der Waals surface area contributed by atoms with Crippen LogP contribution in [0.2, 0.25) is 0 Å². The second kappa shape index (κ2) is 5.61. The topological polar surface area (TPSA) is 38.3 Å². The highest BCUT2D eigenvalue weighted by Crippen LogP contribution is 2.33. The maximum atomic E-state index is 11.6. The highest BCUT2D eigenvalue weighted by Gasteiger charge is 2.32. The van der Waals surface area contributed by atoms with Crippen molar-refractivity contribution >= 4 is 17.7 Å². The van der Waals surface area contributed by atoms with Gasteiger partial charge in [-0.2, -0.15) is 11.8 Å². The molecule has 1 fully saturated rings. The first-order chi connectivity index (χ1) is 7.71.